The summed E-state index contributed by atoms with van der Waals surface area (Å²) < 4.78 is 27.6. The van der Waals surface area contributed by atoms with Crippen LogP contribution in [0.4, 0.5) is 8.78 Å². The number of pyridine rings is 1. The Kier molecular flexibility index (Phi) is 8.36. The van der Waals surface area contributed by atoms with E-state index < -0.39 is 5.92 Å². The number of halogens is 2. The van der Waals surface area contributed by atoms with Crippen LogP contribution in [0, 0.1) is 0 Å². The lowest BCUT2D eigenvalue weighted by molar-refractivity contribution is -0.124. The summed E-state index contributed by atoms with van der Waals surface area (Å²) in [6, 6.07) is 5.68. The molecule has 6 nitrogen and oxygen atoms in total. The predicted octanol–water partition coefficient (Wildman–Crippen LogP) is 4.94. The Bertz CT molecular complexity index is 953. The van der Waals surface area contributed by atoms with E-state index in [1.54, 1.807) is 18.1 Å². The molecule has 8 heteroatoms. The molecule has 0 bridgehead atoms. The highest BCUT2D eigenvalue weighted by Gasteiger charge is 2.33. The molecule has 1 aromatic heterocycles. The topological polar surface area (TPSA) is 60.8 Å². The van der Waals surface area contributed by atoms with Crippen LogP contribution in [-0.2, 0) is 4.79 Å². The van der Waals surface area contributed by atoms with Crippen molar-refractivity contribution >= 4 is 17.3 Å². The van der Waals surface area contributed by atoms with Gasteiger partial charge in [-0.3, -0.25) is 9.78 Å². The zero-order chi connectivity index (χ0) is 23.8. The smallest absolute Gasteiger partial charge is 0.269 e. The van der Waals surface area contributed by atoms with E-state index in [2.05, 4.69) is 23.3 Å². The number of hydrazone groups is 1. The van der Waals surface area contributed by atoms with Crippen molar-refractivity contribution in [1.82, 2.24) is 20.2 Å². The summed E-state index contributed by atoms with van der Waals surface area (Å²) in [5, 5.41) is 9.79. The van der Waals surface area contributed by atoms with E-state index in [0.717, 1.165) is 35.6 Å². The van der Waals surface area contributed by atoms with Crippen molar-refractivity contribution in [3.63, 3.8) is 0 Å². The number of aromatic nitrogens is 1. The molecule has 3 heterocycles. The summed E-state index contributed by atoms with van der Waals surface area (Å²) in [7, 11) is 0. The average molecular weight is 458 g/mol. The Morgan fingerprint density at radius 3 is 2.79 bits per heavy atom. The number of nitrogens with one attached hydrogen (secondary N) is 1. The lowest BCUT2D eigenvalue weighted by Crippen LogP contribution is -2.38. The molecule has 1 aromatic rings. The number of dihydropyridines is 1. The first-order chi connectivity index (χ1) is 15.8. The Labute approximate surface area is 194 Å². The van der Waals surface area contributed by atoms with E-state index >= 15 is 0 Å². The number of unbranched alkanes of at least 4 members (excludes halogenated alkanes) is 1. The van der Waals surface area contributed by atoms with E-state index in [1.807, 2.05) is 37.3 Å². The van der Waals surface area contributed by atoms with E-state index in [1.165, 1.54) is 4.90 Å². The highest BCUT2D eigenvalue weighted by atomic mass is 19.3. The minimum atomic E-state index is -2.72. The lowest BCUT2D eigenvalue weighted by atomic mass is 10.1. The molecule has 0 spiro atoms. The maximum absolute atomic E-state index is 13.8. The zero-order valence-electron chi connectivity index (χ0n) is 19.7. The standard InChI is InChI=1S/C25H33F2N5O/c1-4-5-10-23(22-9-6-7-15-28-22)32(21-12-11-19(2)29-18-21)30-20(3)24(33)31-16-8-13-25(26,27)14-17-31/h6-7,9-12,15,29H,4-5,8,13-14,16-18H2,1-3H3/b23-10+,30-20+. The van der Waals surface area contributed by atoms with Gasteiger partial charge in [0.15, 0.2) is 0 Å². The third-order valence-corrected chi connectivity index (χ3v) is 5.69. The lowest BCUT2D eigenvalue weighted by Gasteiger charge is -2.28. The molecule has 2 aliphatic heterocycles. The summed E-state index contributed by atoms with van der Waals surface area (Å²) in [5.74, 6) is -3.03. The first-order valence-electron chi connectivity index (χ1n) is 11.6. The van der Waals surface area contributed by atoms with E-state index in [0.29, 0.717) is 13.1 Å². The third-order valence-electron chi connectivity index (χ3n) is 5.69. The molecule has 1 saturated heterocycles. The molecule has 2 aliphatic rings. The Morgan fingerprint density at radius 1 is 1.30 bits per heavy atom. The second kappa shape index (κ2) is 11.2. The van der Waals surface area contributed by atoms with Gasteiger partial charge >= 0.3 is 0 Å². The van der Waals surface area contributed by atoms with Crippen LogP contribution in [0.5, 0.6) is 0 Å². The summed E-state index contributed by atoms with van der Waals surface area (Å²) in [5.41, 5.74) is 3.69. The highest BCUT2D eigenvalue weighted by molar-refractivity contribution is 6.37. The van der Waals surface area contributed by atoms with Gasteiger partial charge in [-0.1, -0.05) is 25.5 Å². The first kappa shape index (κ1) is 24.6. The van der Waals surface area contributed by atoms with Crippen molar-refractivity contribution in [3.8, 4) is 0 Å². The number of alkyl halides is 2. The van der Waals surface area contributed by atoms with Crippen molar-refractivity contribution < 1.29 is 13.6 Å². The number of allylic oxidation sites excluding steroid dienone is 4. The van der Waals surface area contributed by atoms with Crippen molar-refractivity contribution in [2.75, 3.05) is 19.6 Å². The summed E-state index contributed by atoms with van der Waals surface area (Å²) in [4.78, 5) is 19.2. The van der Waals surface area contributed by atoms with Gasteiger partial charge < -0.3 is 10.2 Å². The normalized spacial score (nSPS) is 19.2. The molecule has 0 saturated carbocycles. The molecule has 33 heavy (non-hydrogen) atoms. The number of carbonyl (C=O) groups excluding carboxylic acids is 1. The van der Waals surface area contributed by atoms with Crippen LogP contribution in [0.3, 0.4) is 0 Å². The van der Waals surface area contributed by atoms with Gasteiger partial charge in [0.25, 0.3) is 5.91 Å². The van der Waals surface area contributed by atoms with Gasteiger partial charge in [0.05, 0.1) is 23.6 Å². The van der Waals surface area contributed by atoms with E-state index in [9.17, 15) is 13.6 Å². The maximum Gasteiger partial charge on any atom is 0.269 e. The second-order valence-corrected chi connectivity index (χ2v) is 8.45. The summed E-state index contributed by atoms with van der Waals surface area (Å²) in [6.45, 7) is 6.61. The zero-order valence-corrected chi connectivity index (χ0v) is 19.7. The molecular weight excluding hydrogens is 424 g/mol. The fourth-order valence-corrected chi connectivity index (χ4v) is 3.77. The van der Waals surface area contributed by atoms with Gasteiger partial charge in [0.2, 0.25) is 5.92 Å². The number of hydrogen-bond acceptors (Lipinski definition) is 5. The largest absolute Gasteiger partial charge is 0.383 e. The van der Waals surface area contributed by atoms with Gasteiger partial charge in [-0.15, -0.1) is 0 Å². The number of hydrogen-bond donors (Lipinski definition) is 1. The number of likely N-dealkylation sites (tertiary alicyclic amines) is 1. The molecule has 1 N–H and O–H groups in total. The molecule has 0 atom stereocenters. The molecule has 1 amide bonds. The van der Waals surface area contributed by atoms with Gasteiger partial charge in [0, 0.05) is 37.8 Å². The van der Waals surface area contributed by atoms with E-state index in [-0.39, 0.29) is 37.4 Å². The molecular formula is C25H33F2N5O. The fourth-order valence-electron chi connectivity index (χ4n) is 3.77. The first-order valence-corrected chi connectivity index (χ1v) is 11.6. The minimum Gasteiger partial charge on any atom is -0.383 e. The SMILES string of the molecule is CCC/C=C(\c1ccccn1)N(/N=C(\C)C(=O)N1CCCC(F)(F)CC1)C1=CC=C(C)NC1. The molecule has 1 fully saturated rings. The van der Waals surface area contributed by atoms with Gasteiger partial charge in [-0.2, -0.15) is 5.10 Å². The van der Waals surface area contributed by atoms with Gasteiger partial charge in [-0.05, 0) is 51.0 Å². The molecule has 0 radical (unpaired) electrons. The van der Waals surface area contributed by atoms with Crippen LogP contribution in [0.15, 0.2) is 59.1 Å². The van der Waals surface area contributed by atoms with Crippen molar-refractivity contribution in [2.45, 2.75) is 58.8 Å². The van der Waals surface area contributed by atoms with Gasteiger partial charge in [-0.25, -0.2) is 13.8 Å². The van der Waals surface area contributed by atoms with Crippen LogP contribution < -0.4 is 5.32 Å². The summed E-state index contributed by atoms with van der Waals surface area (Å²) in [6.07, 6.45) is 9.29. The number of nitrogens with zero attached hydrogens (tertiary/aromatic N) is 4. The van der Waals surface area contributed by atoms with Crippen molar-refractivity contribution in [3.05, 3.63) is 59.7 Å². The predicted molar refractivity (Wildman–Crippen MR) is 127 cm³/mol. The molecule has 3 rings (SSSR count). The van der Waals surface area contributed by atoms with Crippen molar-refractivity contribution in [2.24, 2.45) is 5.10 Å². The number of amides is 1. The summed E-state index contributed by atoms with van der Waals surface area (Å²) >= 11 is 0. The molecule has 178 valence electrons. The minimum absolute atomic E-state index is 0.0314. The Morgan fingerprint density at radius 2 is 2.12 bits per heavy atom. The number of rotatable bonds is 7. The maximum atomic E-state index is 13.8. The van der Waals surface area contributed by atoms with E-state index in [4.69, 9.17) is 5.10 Å². The molecule has 0 aliphatic carbocycles. The van der Waals surface area contributed by atoms with Crippen LogP contribution in [0.25, 0.3) is 5.70 Å². The van der Waals surface area contributed by atoms with Gasteiger partial charge in [0.1, 0.15) is 5.71 Å². The average Bonchev–Trinajstić information content (AvgIpc) is 2.99. The number of carbonyl (C=O) groups is 1. The monoisotopic (exact) mass is 457 g/mol. The fraction of sp³-hybridized carbons (Fsp3) is 0.480. The quantitative estimate of drug-likeness (QED) is 0.465. The van der Waals surface area contributed by atoms with Crippen LogP contribution in [0.2, 0.25) is 0 Å². The van der Waals surface area contributed by atoms with Crippen LogP contribution in [0.1, 0.15) is 58.6 Å². The third kappa shape index (κ3) is 6.73. The second-order valence-electron chi connectivity index (χ2n) is 8.45. The molecule has 0 unspecified atom stereocenters. The van der Waals surface area contributed by atoms with Crippen LogP contribution in [-0.4, -0.2) is 52.1 Å². The van der Waals surface area contributed by atoms with Crippen LogP contribution >= 0.6 is 0 Å². The Balaban J connectivity index is 1.97. The molecule has 0 aromatic carbocycles. The van der Waals surface area contributed by atoms with Crippen molar-refractivity contribution in [1.29, 1.82) is 0 Å². The Hall–Kier alpha value is -3.03. The highest BCUT2D eigenvalue weighted by Crippen LogP contribution is 2.28.